The Bertz CT molecular complexity index is 1020. The summed E-state index contributed by atoms with van der Waals surface area (Å²) in [7, 11) is 0. The van der Waals surface area contributed by atoms with E-state index < -0.39 is 81.4 Å². The number of ether oxygens (including phenoxy) is 6. The minimum Gasteiger partial charge on any atom is -0.464 e. The lowest BCUT2D eigenvalue weighted by Gasteiger charge is -2.46. The van der Waals surface area contributed by atoms with E-state index in [9.17, 15) is 24.0 Å². The Morgan fingerprint density at radius 1 is 0.413 bits per heavy atom. The van der Waals surface area contributed by atoms with Gasteiger partial charge in [-0.15, -0.1) is 0 Å². The van der Waals surface area contributed by atoms with Crippen molar-refractivity contribution < 1.29 is 52.4 Å². The minimum atomic E-state index is -1.02. The van der Waals surface area contributed by atoms with Crippen molar-refractivity contribution in [1.82, 2.24) is 0 Å². The Balaban J connectivity index is 3.69. The third-order valence-electron chi connectivity index (χ3n) is 6.81. The Morgan fingerprint density at radius 2 is 0.609 bits per heavy atom. The molecule has 1 heterocycles. The van der Waals surface area contributed by atoms with Gasteiger partial charge in [0.25, 0.3) is 0 Å². The van der Waals surface area contributed by atoms with Gasteiger partial charge < -0.3 is 28.4 Å². The molecule has 16 heteroatoms. The normalized spacial score (nSPS) is 22.8. The minimum absolute atomic E-state index is 0.208. The number of hydrogen-bond donors (Lipinski definition) is 0. The summed E-state index contributed by atoms with van der Waals surface area (Å²) in [6.07, 6.45) is -1.82. The molecule has 4 atom stereocenters. The number of alkyl halides is 5. The number of halogens is 5. The van der Waals surface area contributed by atoms with E-state index in [-0.39, 0.29) is 33.0 Å². The summed E-state index contributed by atoms with van der Waals surface area (Å²) in [4.78, 5) is 64.0. The van der Waals surface area contributed by atoms with Crippen LogP contribution in [0.3, 0.4) is 0 Å². The first-order valence-electron chi connectivity index (χ1n) is 14.5. The van der Waals surface area contributed by atoms with E-state index in [0.29, 0.717) is 0 Å². The number of hydrogen-bond acceptors (Lipinski definition) is 11. The summed E-state index contributed by atoms with van der Waals surface area (Å²) in [6.45, 7) is 15.1. The third kappa shape index (κ3) is 14.3. The average molecular weight is 981 g/mol. The number of carbonyl (C=O) groups is 5. The molecule has 0 spiro atoms. The van der Waals surface area contributed by atoms with Crippen molar-refractivity contribution >= 4 is 109 Å². The topological polar surface area (TPSA) is 141 Å². The van der Waals surface area contributed by atoms with Gasteiger partial charge in [0.2, 0.25) is 0 Å². The summed E-state index contributed by atoms with van der Waals surface area (Å²) < 4.78 is 29.7. The van der Waals surface area contributed by atoms with Gasteiger partial charge in [0.05, 0.1) is 32.0 Å². The van der Waals surface area contributed by atoms with E-state index in [1.807, 2.05) is 0 Å². The van der Waals surface area contributed by atoms with Crippen LogP contribution >= 0.6 is 79.6 Å². The number of esters is 5. The number of rotatable bonds is 15. The highest BCUT2D eigenvalue weighted by Crippen LogP contribution is 2.39. The molecule has 1 rings (SSSR count). The molecule has 0 saturated carbocycles. The van der Waals surface area contributed by atoms with E-state index >= 15 is 0 Å². The fourth-order valence-corrected chi connectivity index (χ4v) is 4.59. The Morgan fingerprint density at radius 3 is 0.826 bits per heavy atom. The maximum absolute atomic E-state index is 12.9. The molecule has 0 aromatic rings. The molecule has 1 aliphatic heterocycles. The largest absolute Gasteiger partial charge is 0.464 e. The zero-order chi connectivity index (χ0) is 36.1. The molecule has 46 heavy (non-hydrogen) atoms. The fraction of sp³-hybridized carbons (Fsp3) is 0.833. The van der Waals surface area contributed by atoms with Crippen LogP contribution in [0.1, 0.15) is 69.2 Å². The Hall–Kier alpha value is -0.290. The quantitative estimate of drug-likeness (QED) is 0.106. The molecule has 0 N–H and O–H groups in total. The van der Waals surface area contributed by atoms with Crippen LogP contribution in [-0.2, 0) is 52.4 Å². The smallest absolute Gasteiger partial charge is 0.322 e. The molecule has 0 aromatic heterocycles. The summed E-state index contributed by atoms with van der Waals surface area (Å²) >= 11 is 16.5. The van der Waals surface area contributed by atoms with Crippen molar-refractivity contribution in [1.29, 1.82) is 0 Å². The van der Waals surface area contributed by atoms with Crippen LogP contribution in [0.5, 0.6) is 0 Å². The molecule has 0 aliphatic carbocycles. The van der Waals surface area contributed by atoms with Gasteiger partial charge in [-0.3, -0.25) is 24.0 Å². The van der Waals surface area contributed by atoms with Crippen LogP contribution in [-0.4, -0.2) is 96.7 Å². The van der Waals surface area contributed by atoms with Crippen LogP contribution in [0.15, 0.2) is 0 Å². The molecule has 0 bridgehead atoms. The van der Waals surface area contributed by atoms with E-state index in [1.54, 1.807) is 69.2 Å². The van der Waals surface area contributed by atoms with Crippen molar-refractivity contribution in [2.45, 2.75) is 103 Å². The summed E-state index contributed by atoms with van der Waals surface area (Å²) in [5, 5.41) is 0. The molecule has 266 valence electrons. The average Bonchev–Trinajstić information content (AvgIpc) is 2.88. The van der Waals surface area contributed by atoms with Gasteiger partial charge in [-0.25, -0.2) is 0 Å². The fourth-order valence-electron chi connectivity index (χ4n) is 4.02. The molecule has 0 amide bonds. The lowest BCUT2D eigenvalue weighted by Crippen LogP contribution is -2.56. The molecular weight excluding hydrogens is 936 g/mol. The summed E-state index contributed by atoms with van der Waals surface area (Å²) in [6, 6.07) is 0. The van der Waals surface area contributed by atoms with Crippen LogP contribution < -0.4 is 0 Å². The highest BCUT2D eigenvalue weighted by atomic mass is 79.9. The van der Waals surface area contributed by atoms with Crippen LogP contribution in [0.25, 0.3) is 0 Å². The molecular formula is C30H45Br5O11. The first-order chi connectivity index (χ1) is 20.6. The van der Waals surface area contributed by atoms with Crippen molar-refractivity contribution in [3.63, 3.8) is 0 Å². The molecule has 1 fully saturated rings. The third-order valence-corrected chi connectivity index (χ3v) is 8.43. The highest BCUT2D eigenvalue weighted by molar-refractivity contribution is 9.11. The molecule has 0 radical (unpaired) electrons. The van der Waals surface area contributed by atoms with Gasteiger partial charge >= 0.3 is 29.8 Å². The van der Waals surface area contributed by atoms with Crippen molar-refractivity contribution in [3.8, 4) is 0 Å². The first kappa shape index (κ1) is 43.7. The summed E-state index contributed by atoms with van der Waals surface area (Å²) in [5.41, 5.74) is 0. The van der Waals surface area contributed by atoms with Crippen LogP contribution in [0.2, 0.25) is 0 Å². The van der Waals surface area contributed by atoms with E-state index in [0.717, 1.165) is 0 Å². The molecule has 1 aliphatic rings. The summed E-state index contributed by atoms with van der Waals surface area (Å²) in [5.74, 6) is -4.99. The SMILES string of the molecule is CC(C)(Br)C(=O)OCC1OC(COC(=O)C(C)(C)Br)C(COC(=O)C(C)(C)Br)C(COC(=O)C(C)(C)Br)C1COC(=O)C(C)(C)Br. The highest BCUT2D eigenvalue weighted by Gasteiger charge is 2.49. The first-order valence-corrected chi connectivity index (χ1v) is 18.5. The molecule has 11 nitrogen and oxygen atoms in total. The van der Waals surface area contributed by atoms with Gasteiger partial charge in [-0.05, 0) is 69.2 Å². The lowest BCUT2D eigenvalue weighted by molar-refractivity contribution is -0.214. The standard InChI is InChI=1S/C30H45Br5O11/c1-26(2,31)21(36)41-11-16-17(12-42-22(37)27(3,4)32)19(14-44-24(39)29(7,8)34)46-20(15-45-25(40)30(9,10)35)18(16)13-43-23(38)28(5,6)33/h16-20H,11-15H2,1-10H3. The second-order valence-corrected chi connectivity index (χ2v) is 23.5. The van der Waals surface area contributed by atoms with Crippen molar-refractivity contribution in [3.05, 3.63) is 0 Å². The second kappa shape index (κ2) is 17.1. The zero-order valence-corrected chi connectivity index (χ0v) is 35.7. The van der Waals surface area contributed by atoms with Gasteiger partial charge in [0.15, 0.2) is 0 Å². The van der Waals surface area contributed by atoms with Crippen molar-refractivity contribution in [2.75, 3.05) is 33.0 Å². The van der Waals surface area contributed by atoms with Gasteiger partial charge in [0, 0.05) is 17.8 Å². The van der Waals surface area contributed by atoms with Crippen LogP contribution in [0, 0.1) is 17.8 Å². The lowest BCUT2D eigenvalue weighted by atomic mass is 9.74. The molecule has 0 aromatic carbocycles. The monoisotopic (exact) mass is 976 g/mol. The van der Waals surface area contributed by atoms with E-state index in [4.69, 9.17) is 28.4 Å². The molecule has 1 saturated heterocycles. The number of carbonyl (C=O) groups excluding carboxylic acids is 5. The maximum atomic E-state index is 12.9. The molecule has 4 unspecified atom stereocenters. The van der Waals surface area contributed by atoms with Crippen LogP contribution in [0.4, 0.5) is 0 Å². The second-order valence-electron chi connectivity index (χ2n) is 13.6. The Kier molecular flexibility index (Phi) is 16.2. The van der Waals surface area contributed by atoms with E-state index in [2.05, 4.69) is 79.6 Å². The van der Waals surface area contributed by atoms with E-state index in [1.165, 1.54) is 0 Å². The zero-order valence-electron chi connectivity index (χ0n) is 27.8. The predicted molar refractivity (Wildman–Crippen MR) is 189 cm³/mol. The van der Waals surface area contributed by atoms with Crippen molar-refractivity contribution in [2.24, 2.45) is 17.8 Å². The van der Waals surface area contributed by atoms with Gasteiger partial charge in [-0.1, -0.05) is 79.6 Å². The predicted octanol–water partition coefficient (Wildman–Crippen LogP) is 6.19. The van der Waals surface area contributed by atoms with Gasteiger partial charge in [-0.2, -0.15) is 0 Å². The maximum Gasteiger partial charge on any atom is 0.322 e. The Labute approximate surface area is 313 Å². The van der Waals surface area contributed by atoms with Gasteiger partial charge in [0.1, 0.15) is 34.8 Å².